The van der Waals surface area contributed by atoms with Gasteiger partial charge in [-0.05, 0) is 124 Å². The summed E-state index contributed by atoms with van der Waals surface area (Å²) >= 11 is 6.71. The van der Waals surface area contributed by atoms with E-state index in [1.165, 1.54) is 86.8 Å². The number of anilines is 1. The number of aromatic hydroxyl groups is 2. The molecule has 0 bridgehead atoms. The number of halogens is 1. The van der Waals surface area contributed by atoms with Gasteiger partial charge in [0, 0.05) is 48.3 Å². The second-order valence-electron chi connectivity index (χ2n) is 18.4. The Balaban J connectivity index is 1.61. The molecule has 80 heavy (non-hydrogen) atoms. The minimum atomic E-state index is -1.73. The molecule has 6 atom stereocenters. The van der Waals surface area contributed by atoms with Crippen LogP contribution >= 0.6 is 23.4 Å². The highest BCUT2D eigenvalue weighted by Crippen LogP contribution is 2.23. The summed E-state index contributed by atoms with van der Waals surface area (Å²) in [7, 11) is 3.09. The van der Waals surface area contributed by atoms with Crippen LogP contribution in [0.4, 0.5) is 10.5 Å². The molecule has 15 N–H and O–H groups in total. The van der Waals surface area contributed by atoms with Crippen LogP contribution in [-0.2, 0) is 57.6 Å². The Hall–Kier alpha value is -8.26. The number of amides is 10. The zero-order valence-electron chi connectivity index (χ0n) is 44.3. The first-order valence-corrected chi connectivity index (χ1v) is 26.7. The molecular weight excluding hydrogens is 1080 g/mol. The third kappa shape index (κ3) is 21.5. The van der Waals surface area contributed by atoms with Crippen LogP contribution in [0, 0.1) is 0 Å². The molecular formula is C54H68ClN11O13S. The van der Waals surface area contributed by atoms with E-state index in [0.29, 0.717) is 47.3 Å². The number of benzene rings is 4. The van der Waals surface area contributed by atoms with Crippen molar-refractivity contribution in [3.63, 3.8) is 0 Å². The van der Waals surface area contributed by atoms with E-state index >= 15 is 0 Å². The lowest BCUT2D eigenvalue weighted by Gasteiger charge is -2.33. The van der Waals surface area contributed by atoms with Crippen LogP contribution in [0.25, 0.3) is 0 Å². The van der Waals surface area contributed by atoms with Crippen molar-refractivity contribution in [3.05, 3.63) is 124 Å². The Morgan fingerprint density at radius 2 is 1.19 bits per heavy atom. The normalized spacial score (nSPS) is 13.1. The highest BCUT2D eigenvalue weighted by Gasteiger charge is 2.36. The quantitative estimate of drug-likeness (QED) is 0.0299. The number of nitrogens with zero attached hydrogens (tertiary/aromatic N) is 1. The lowest BCUT2D eigenvalue weighted by Crippen LogP contribution is -2.60. The number of nitrogens with two attached hydrogens (primary N) is 2. The SMILES string of the molecule is CNCCCC[C@@H](C(=O)NC(C(=O)NCC(=O)N[C@H](Cc1ccc(O)cc1)C(N)=O)C(C)O)N(C(=O)CNC(=O)[C@H](Cc1ccc(O)cc1)NC(=O)[C@@H](CSC(=O)NC)NC(=O)CCc1ccc(Cl)cc1)c1ccc(C(N)=O)cc1. The Morgan fingerprint density at radius 3 is 1.74 bits per heavy atom. The van der Waals surface area contributed by atoms with Crippen molar-refractivity contribution in [2.75, 3.05) is 44.4 Å². The van der Waals surface area contributed by atoms with Crippen molar-refractivity contribution in [3.8, 4) is 11.5 Å². The number of hydrogen-bond acceptors (Lipinski definition) is 15. The number of nitrogens with one attached hydrogen (secondary N) is 8. The van der Waals surface area contributed by atoms with Crippen molar-refractivity contribution in [1.29, 1.82) is 0 Å². The maximum absolute atomic E-state index is 14.7. The zero-order valence-corrected chi connectivity index (χ0v) is 45.9. The van der Waals surface area contributed by atoms with Crippen molar-refractivity contribution < 1.29 is 63.3 Å². The number of primary amides is 2. The fourth-order valence-electron chi connectivity index (χ4n) is 7.88. The monoisotopic (exact) mass is 1150 g/mol. The van der Waals surface area contributed by atoms with Gasteiger partial charge in [0.15, 0.2) is 0 Å². The highest BCUT2D eigenvalue weighted by atomic mass is 35.5. The van der Waals surface area contributed by atoms with Gasteiger partial charge in [0.1, 0.15) is 41.7 Å². The molecule has 0 heterocycles. The first kappa shape index (κ1) is 64.3. The lowest BCUT2D eigenvalue weighted by molar-refractivity contribution is -0.134. The average Bonchev–Trinajstić information content (AvgIpc) is 3.43. The van der Waals surface area contributed by atoms with Gasteiger partial charge in [0.25, 0.3) is 5.24 Å². The molecule has 4 aromatic rings. The number of thioether (sulfide) groups is 1. The van der Waals surface area contributed by atoms with E-state index in [0.717, 1.165) is 10.5 Å². The summed E-state index contributed by atoms with van der Waals surface area (Å²) in [4.78, 5) is 135. The molecule has 26 heteroatoms. The summed E-state index contributed by atoms with van der Waals surface area (Å²) in [5, 5.41) is 50.9. The molecule has 0 aliphatic rings. The van der Waals surface area contributed by atoms with Crippen LogP contribution in [0.2, 0.25) is 5.02 Å². The molecule has 2 unspecified atom stereocenters. The Morgan fingerprint density at radius 1 is 0.625 bits per heavy atom. The molecule has 0 radical (unpaired) electrons. The number of carbonyl (C=O) groups is 10. The molecule has 0 fully saturated rings. The summed E-state index contributed by atoms with van der Waals surface area (Å²) < 4.78 is 0. The number of hydrogen-bond donors (Lipinski definition) is 13. The molecule has 4 aromatic carbocycles. The van der Waals surface area contributed by atoms with E-state index in [1.54, 1.807) is 31.3 Å². The van der Waals surface area contributed by atoms with E-state index in [2.05, 4.69) is 42.5 Å². The Kier molecular flexibility index (Phi) is 26.2. The van der Waals surface area contributed by atoms with Crippen molar-refractivity contribution in [1.82, 2.24) is 42.5 Å². The van der Waals surface area contributed by atoms with Crippen LogP contribution < -0.4 is 58.9 Å². The number of rotatable bonds is 31. The highest BCUT2D eigenvalue weighted by molar-refractivity contribution is 8.13. The Bertz CT molecular complexity index is 2770. The van der Waals surface area contributed by atoms with E-state index in [1.807, 2.05) is 0 Å². The number of unbranched alkanes of at least 4 members (excludes halogenated alkanes) is 1. The third-order valence-corrected chi connectivity index (χ3v) is 13.4. The van der Waals surface area contributed by atoms with Gasteiger partial charge in [0.2, 0.25) is 53.2 Å². The molecule has 4 rings (SSSR count). The standard InChI is InChI=1S/C54H68ClN11O13S/c1-31(67)47(53(78)60-28-45(71)62-40(49(57)74)26-33-9-20-38(68)21-10-33)65-52(77)43(6-4-5-25-58-2)66(37-18-14-35(15-19-37)48(56)73)46(72)29-61-50(75)41(27-34-11-22-39(69)23-12-34)64-51(76)42(30-80-54(79)59-3)63-44(70)24-13-32-7-16-36(55)17-8-32/h7-12,14-23,31,40-43,47,58,67-69H,4-6,13,24-30H2,1-3H3,(H2,56,73)(H2,57,74)(H,59,79)(H,60,78)(H,61,75)(H,62,71)(H,63,70)(H,64,76)(H,65,77)/t31?,40-,41+,42-,43+,47?/m1/s1. The van der Waals surface area contributed by atoms with Gasteiger partial charge >= 0.3 is 0 Å². The summed E-state index contributed by atoms with van der Waals surface area (Å²) in [5.74, 6) is -8.14. The molecule has 0 aliphatic heterocycles. The minimum Gasteiger partial charge on any atom is -0.508 e. The van der Waals surface area contributed by atoms with Crippen LogP contribution in [0.15, 0.2) is 97.1 Å². The number of phenolic OH excluding ortho intramolecular Hbond substituents is 2. The van der Waals surface area contributed by atoms with Crippen LogP contribution in [0.1, 0.15) is 59.7 Å². The molecule has 10 amide bonds. The van der Waals surface area contributed by atoms with E-state index in [4.69, 9.17) is 23.1 Å². The van der Waals surface area contributed by atoms with Crippen molar-refractivity contribution in [2.45, 2.75) is 88.2 Å². The van der Waals surface area contributed by atoms with Crippen LogP contribution in [-0.4, -0.2) is 150 Å². The molecule has 0 aliphatic carbocycles. The van der Waals surface area contributed by atoms with Crippen LogP contribution in [0.5, 0.6) is 11.5 Å². The van der Waals surface area contributed by atoms with E-state index in [-0.39, 0.29) is 60.6 Å². The summed E-state index contributed by atoms with van der Waals surface area (Å²) in [6, 6.07) is 16.4. The zero-order chi connectivity index (χ0) is 58.9. The largest absolute Gasteiger partial charge is 0.508 e. The molecule has 0 aromatic heterocycles. The molecule has 24 nitrogen and oxygen atoms in total. The summed E-state index contributed by atoms with van der Waals surface area (Å²) in [6.45, 7) is 0.126. The second kappa shape index (κ2) is 32.6. The van der Waals surface area contributed by atoms with Crippen LogP contribution in [0.3, 0.4) is 0 Å². The second-order valence-corrected chi connectivity index (χ2v) is 19.8. The van der Waals surface area contributed by atoms with Crippen molar-refractivity contribution in [2.24, 2.45) is 11.5 Å². The first-order valence-electron chi connectivity index (χ1n) is 25.3. The molecule has 0 saturated carbocycles. The fourth-order valence-corrected chi connectivity index (χ4v) is 8.70. The van der Waals surface area contributed by atoms with E-state index in [9.17, 15) is 63.3 Å². The molecule has 0 spiro atoms. The summed E-state index contributed by atoms with van der Waals surface area (Å²) in [6.07, 6.45) is -0.915. The minimum absolute atomic E-state index is 0.0237. The van der Waals surface area contributed by atoms with E-state index < -0.39 is 108 Å². The van der Waals surface area contributed by atoms with Crippen molar-refractivity contribution >= 4 is 87.5 Å². The maximum atomic E-state index is 14.7. The maximum Gasteiger partial charge on any atom is 0.278 e. The van der Waals surface area contributed by atoms with Gasteiger partial charge in [0.05, 0.1) is 19.2 Å². The number of aliphatic hydroxyl groups excluding tert-OH is 1. The molecule has 430 valence electrons. The number of phenols is 2. The fraction of sp³-hybridized carbons (Fsp3) is 0.370. The molecule has 0 saturated heterocycles. The predicted octanol–water partition coefficient (Wildman–Crippen LogP) is 0.170. The van der Waals surface area contributed by atoms with Gasteiger partial charge in [-0.25, -0.2) is 0 Å². The van der Waals surface area contributed by atoms with Gasteiger partial charge < -0.3 is 69.3 Å². The number of aliphatic hydroxyl groups is 1. The first-order chi connectivity index (χ1) is 38.1. The topological polar surface area (TPSA) is 383 Å². The summed E-state index contributed by atoms with van der Waals surface area (Å²) in [5.41, 5.74) is 12.9. The Labute approximate surface area is 471 Å². The predicted molar refractivity (Wildman–Crippen MR) is 299 cm³/mol. The van der Waals surface area contributed by atoms with Gasteiger partial charge in [-0.1, -0.05) is 59.8 Å². The average molecular weight is 1150 g/mol. The number of aryl methyl sites for hydroxylation is 1. The van der Waals surface area contributed by atoms with Gasteiger partial charge in [-0.3, -0.25) is 52.8 Å². The lowest BCUT2D eigenvalue weighted by atomic mass is 10.0. The van der Waals surface area contributed by atoms with Gasteiger partial charge in [-0.15, -0.1) is 0 Å². The number of carbonyl (C=O) groups excluding carboxylic acids is 10. The smallest absolute Gasteiger partial charge is 0.278 e. The van der Waals surface area contributed by atoms with Gasteiger partial charge in [-0.2, -0.15) is 0 Å². The third-order valence-electron chi connectivity index (χ3n) is 12.2.